The Balaban J connectivity index is 3.78. The van der Waals surface area contributed by atoms with Gasteiger partial charge in [0.1, 0.15) is 0 Å². The molecule has 0 rings (SSSR count). The van der Waals surface area contributed by atoms with Gasteiger partial charge in [0.25, 0.3) is 0 Å². The second-order valence-electron chi connectivity index (χ2n) is 3.67. The summed E-state index contributed by atoms with van der Waals surface area (Å²) in [7, 11) is 6.68. The molecule has 0 radical (unpaired) electrons. The monoisotopic (exact) mass is 247 g/mol. The highest BCUT2D eigenvalue weighted by molar-refractivity contribution is 6.35. The molecular formula is C10H21N3O4. The lowest BCUT2D eigenvalue weighted by molar-refractivity contribution is -0.141. The molecule has 0 saturated heterocycles. The summed E-state index contributed by atoms with van der Waals surface area (Å²) in [5.41, 5.74) is 0. The maximum Gasteiger partial charge on any atom is 0.309 e. The quantitative estimate of drug-likeness (QED) is 0.418. The van der Waals surface area contributed by atoms with E-state index in [1.54, 1.807) is 0 Å². The van der Waals surface area contributed by atoms with Crippen LogP contribution in [-0.2, 0) is 19.1 Å². The molecule has 0 heterocycles. The highest BCUT2D eigenvalue weighted by atomic mass is 16.7. The summed E-state index contributed by atoms with van der Waals surface area (Å²) < 4.78 is 9.73. The Morgan fingerprint density at radius 1 is 1.12 bits per heavy atom. The van der Waals surface area contributed by atoms with E-state index in [4.69, 9.17) is 9.47 Å². The molecule has 0 unspecified atom stereocenters. The van der Waals surface area contributed by atoms with E-state index in [0.717, 1.165) is 0 Å². The van der Waals surface area contributed by atoms with Gasteiger partial charge in [-0.3, -0.25) is 9.59 Å². The molecular weight excluding hydrogens is 226 g/mol. The number of methoxy groups -OCH3 is 2. The van der Waals surface area contributed by atoms with Crippen molar-refractivity contribution in [1.29, 1.82) is 0 Å². The molecule has 100 valence electrons. The summed E-state index contributed by atoms with van der Waals surface area (Å²) in [6.07, 6.45) is -0.548. The molecule has 0 aliphatic heterocycles. The normalized spacial score (nSPS) is 10.7. The molecule has 0 bridgehead atoms. The zero-order valence-corrected chi connectivity index (χ0v) is 10.8. The minimum Gasteiger partial charge on any atom is -0.354 e. The molecule has 0 aliphatic carbocycles. The second-order valence-corrected chi connectivity index (χ2v) is 3.67. The van der Waals surface area contributed by atoms with Crippen LogP contribution in [0.5, 0.6) is 0 Å². The summed E-state index contributed by atoms with van der Waals surface area (Å²) in [4.78, 5) is 24.5. The van der Waals surface area contributed by atoms with Gasteiger partial charge in [0.2, 0.25) is 0 Å². The number of rotatable bonds is 7. The molecule has 0 saturated carbocycles. The minimum atomic E-state index is -0.692. The van der Waals surface area contributed by atoms with Crippen molar-refractivity contribution in [2.75, 3.05) is 47.9 Å². The molecule has 17 heavy (non-hydrogen) atoms. The number of carbonyl (C=O) groups excluding carboxylic acids is 2. The Kier molecular flexibility index (Phi) is 8.29. The molecule has 2 amide bonds. The van der Waals surface area contributed by atoms with E-state index in [1.165, 1.54) is 14.2 Å². The Labute approximate surface area is 101 Å². The smallest absolute Gasteiger partial charge is 0.309 e. The topological polar surface area (TPSA) is 79.9 Å². The fourth-order valence-electron chi connectivity index (χ4n) is 0.993. The molecule has 0 aromatic rings. The summed E-state index contributed by atoms with van der Waals surface area (Å²) >= 11 is 0. The van der Waals surface area contributed by atoms with Crippen molar-refractivity contribution in [2.45, 2.75) is 6.29 Å². The molecule has 0 aromatic heterocycles. The number of hydrogen-bond donors (Lipinski definition) is 2. The Hall–Kier alpha value is -1.18. The van der Waals surface area contributed by atoms with Crippen LogP contribution < -0.4 is 10.6 Å². The zero-order valence-electron chi connectivity index (χ0n) is 10.8. The van der Waals surface area contributed by atoms with Crippen LogP contribution in [0.4, 0.5) is 0 Å². The molecule has 0 aliphatic rings. The molecule has 0 atom stereocenters. The van der Waals surface area contributed by atoms with Crippen molar-refractivity contribution >= 4 is 11.8 Å². The van der Waals surface area contributed by atoms with Gasteiger partial charge >= 0.3 is 11.8 Å². The summed E-state index contributed by atoms with van der Waals surface area (Å²) in [6.45, 7) is 1.24. The third kappa shape index (κ3) is 7.67. The molecule has 0 aromatic carbocycles. The maximum absolute atomic E-state index is 11.3. The van der Waals surface area contributed by atoms with Crippen molar-refractivity contribution < 1.29 is 19.1 Å². The van der Waals surface area contributed by atoms with E-state index < -0.39 is 18.1 Å². The SMILES string of the molecule is COC(CNC(=O)C(=O)NCCN(C)C)OC. The standard InChI is InChI=1S/C10H21N3O4/c1-13(2)6-5-11-9(14)10(15)12-7-8(16-3)17-4/h8H,5-7H2,1-4H3,(H,11,14)(H,12,15). The third-order valence-electron chi connectivity index (χ3n) is 2.01. The van der Waals surface area contributed by atoms with Crippen LogP contribution in [0, 0.1) is 0 Å². The number of amides is 2. The lowest BCUT2D eigenvalue weighted by Crippen LogP contribution is -2.44. The molecule has 0 spiro atoms. The molecule has 2 N–H and O–H groups in total. The Bertz CT molecular complexity index is 242. The van der Waals surface area contributed by atoms with E-state index in [0.29, 0.717) is 13.1 Å². The summed E-state index contributed by atoms with van der Waals surface area (Å²) in [6, 6.07) is 0. The fourth-order valence-corrected chi connectivity index (χ4v) is 0.993. The van der Waals surface area contributed by atoms with Gasteiger partial charge < -0.3 is 25.0 Å². The van der Waals surface area contributed by atoms with Gasteiger partial charge in [-0.15, -0.1) is 0 Å². The van der Waals surface area contributed by atoms with Gasteiger partial charge in [-0.1, -0.05) is 0 Å². The predicted octanol–water partition coefficient (Wildman–Crippen LogP) is -1.60. The first-order valence-corrected chi connectivity index (χ1v) is 5.27. The number of nitrogens with one attached hydrogen (secondary N) is 2. The van der Waals surface area contributed by atoms with Gasteiger partial charge in [0.05, 0.1) is 6.54 Å². The number of nitrogens with zero attached hydrogens (tertiary/aromatic N) is 1. The number of likely N-dealkylation sites (N-methyl/N-ethyl adjacent to an activating group) is 1. The lowest BCUT2D eigenvalue weighted by Gasteiger charge is -2.14. The van der Waals surface area contributed by atoms with Crippen molar-refractivity contribution in [3.8, 4) is 0 Å². The molecule has 7 nitrogen and oxygen atoms in total. The molecule has 7 heteroatoms. The van der Waals surface area contributed by atoms with Crippen LogP contribution in [0.1, 0.15) is 0 Å². The highest BCUT2D eigenvalue weighted by Gasteiger charge is 2.14. The van der Waals surface area contributed by atoms with Crippen LogP contribution in [0.3, 0.4) is 0 Å². The van der Waals surface area contributed by atoms with E-state index >= 15 is 0 Å². The van der Waals surface area contributed by atoms with Gasteiger partial charge in [0.15, 0.2) is 6.29 Å². The van der Waals surface area contributed by atoms with E-state index in [2.05, 4.69) is 10.6 Å². The number of ether oxygens (including phenoxy) is 2. The van der Waals surface area contributed by atoms with Gasteiger partial charge in [-0.05, 0) is 14.1 Å². The van der Waals surface area contributed by atoms with E-state index in [-0.39, 0.29) is 6.54 Å². The van der Waals surface area contributed by atoms with Crippen LogP contribution in [-0.4, -0.2) is 71.0 Å². The van der Waals surface area contributed by atoms with E-state index in [1.807, 2.05) is 19.0 Å². The van der Waals surface area contributed by atoms with Crippen molar-refractivity contribution in [1.82, 2.24) is 15.5 Å². The second kappa shape index (κ2) is 8.91. The lowest BCUT2D eigenvalue weighted by atomic mass is 10.4. The number of hydrogen-bond acceptors (Lipinski definition) is 5. The van der Waals surface area contributed by atoms with Gasteiger partial charge in [-0.2, -0.15) is 0 Å². The summed E-state index contributed by atoms with van der Waals surface area (Å²) in [5.74, 6) is -1.35. The van der Waals surface area contributed by atoms with Crippen LogP contribution in [0.15, 0.2) is 0 Å². The predicted molar refractivity (Wildman–Crippen MR) is 62.4 cm³/mol. The van der Waals surface area contributed by atoms with Crippen LogP contribution in [0.25, 0.3) is 0 Å². The Morgan fingerprint density at radius 3 is 2.12 bits per heavy atom. The number of carbonyl (C=O) groups is 2. The zero-order chi connectivity index (χ0) is 13.3. The largest absolute Gasteiger partial charge is 0.354 e. The first-order valence-electron chi connectivity index (χ1n) is 5.27. The Morgan fingerprint density at radius 2 is 1.65 bits per heavy atom. The third-order valence-corrected chi connectivity index (χ3v) is 2.01. The van der Waals surface area contributed by atoms with Crippen molar-refractivity contribution in [3.63, 3.8) is 0 Å². The minimum absolute atomic E-state index is 0.132. The van der Waals surface area contributed by atoms with Crippen LogP contribution >= 0.6 is 0 Å². The van der Waals surface area contributed by atoms with Crippen molar-refractivity contribution in [2.24, 2.45) is 0 Å². The van der Waals surface area contributed by atoms with Gasteiger partial charge in [-0.25, -0.2) is 0 Å². The van der Waals surface area contributed by atoms with Gasteiger partial charge in [0, 0.05) is 27.3 Å². The first-order chi connectivity index (χ1) is 8.01. The first kappa shape index (κ1) is 15.8. The summed E-state index contributed by atoms with van der Waals surface area (Å²) in [5, 5.41) is 4.91. The van der Waals surface area contributed by atoms with Crippen LogP contribution in [0.2, 0.25) is 0 Å². The highest BCUT2D eigenvalue weighted by Crippen LogP contribution is 1.87. The average Bonchev–Trinajstić information content (AvgIpc) is 2.29. The van der Waals surface area contributed by atoms with E-state index in [9.17, 15) is 9.59 Å². The maximum atomic E-state index is 11.3. The molecule has 0 fully saturated rings. The average molecular weight is 247 g/mol. The fraction of sp³-hybridized carbons (Fsp3) is 0.800. The van der Waals surface area contributed by atoms with Crippen molar-refractivity contribution in [3.05, 3.63) is 0 Å².